The highest BCUT2D eigenvalue weighted by Crippen LogP contribution is 2.49. The van der Waals surface area contributed by atoms with Crippen LogP contribution in [-0.2, 0) is 19.9 Å². The molecule has 2 heterocycles. The number of aryl methyl sites for hydroxylation is 1. The molecule has 2 aliphatic heterocycles. The van der Waals surface area contributed by atoms with Gasteiger partial charge in [-0.3, -0.25) is 9.59 Å². The van der Waals surface area contributed by atoms with E-state index in [1.54, 1.807) is 41.3 Å². The van der Waals surface area contributed by atoms with Crippen molar-refractivity contribution in [3.8, 4) is 0 Å². The van der Waals surface area contributed by atoms with Crippen molar-refractivity contribution in [1.29, 1.82) is 0 Å². The van der Waals surface area contributed by atoms with Crippen LogP contribution in [0, 0.1) is 6.92 Å². The Kier molecular flexibility index (Phi) is 5.70. The summed E-state index contributed by atoms with van der Waals surface area (Å²) in [5.41, 5.74) is 13.3. The van der Waals surface area contributed by atoms with E-state index in [2.05, 4.69) is 0 Å². The lowest BCUT2D eigenvalue weighted by Gasteiger charge is -2.43. The molecule has 2 aliphatic rings. The van der Waals surface area contributed by atoms with E-state index in [1.165, 1.54) is 0 Å². The fourth-order valence-corrected chi connectivity index (χ4v) is 5.36. The molecule has 2 atom stereocenters. The van der Waals surface area contributed by atoms with E-state index in [0.29, 0.717) is 48.8 Å². The van der Waals surface area contributed by atoms with Gasteiger partial charge in [0.2, 0.25) is 5.54 Å². The second-order valence-electron chi connectivity index (χ2n) is 8.28. The number of morpholine rings is 1. The highest BCUT2D eigenvalue weighted by Gasteiger charge is 2.65. The zero-order chi connectivity index (χ0) is 23.1. The number of benzene rings is 2. The first kappa shape index (κ1) is 22.3. The molecule has 2 aromatic rings. The number of quaternary nitrogens is 1. The molecule has 168 valence electrons. The van der Waals surface area contributed by atoms with Crippen LogP contribution in [0.15, 0.2) is 42.5 Å². The molecule has 0 spiro atoms. The largest absolute Gasteiger partial charge is 0.420 e. The van der Waals surface area contributed by atoms with Crippen molar-refractivity contribution in [2.24, 2.45) is 11.5 Å². The average molecular weight is 458 g/mol. The van der Waals surface area contributed by atoms with Gasteiger partial charge in [-0.2, -0.15) is 4.48 Å². The minimum Gasteiger partial charge on any atom is -0.370 e. The topological polar surface area (TPSA) is 116 Å². The second-order valence-corrected chi connectivity index (χ2v) is 8.71. The molecular formula is C23H26ClN4O4+. The van der Waals surface area contributed by atoms with E-state index >= 15 is 0 Å². The zero-order valence-electron chi connectivity index (χ0n) is 17.8. The number of ether oxygens (including phenoxy) is 1. The first-order valence-corrected chi connectivity index (χ1v) is 10.9. The van der Waals surface area contributed by atoms with E-state index in [4.69, 9.17) is 27.8 Å². The lowest BCUT2D eigenvalue weighted by atomic mass is 9.83. The molecule has 0 aromatic heterocycles. The van der Waals surface area contributed by atoms with Crippen molar-refractivity contribution >= 4 is 40.8 Å². The Morgan fingerprint density at radius 3 is 2.47 bits per heavy atom. The molecular weight excluding hydrogens is 432 g/mol. The monoisotopic (exact) mass is 457 g/mol. The second kappa shape index (κ2) is 8.20. The average Bonchev–Trinajstić information content (AvgIpc) is 3.17. The summed E-state index contributed by atoms with van der Waals surface area (Å²) in [6.45, 7) is 3.14. The predicted molar refractivity (Wildman–Crippen MR) is 122 cm³/mol. The molecule has 9 heteroatoms. The van der Waals surface area contributed by atoms with Crippen molar-refractivity contribution in [2.45, 2.75) is 25.3 Å². The molecule has 8 nitrogen and oxygen atoms in total. The molecule has 0 bridgehead atoms. The number of halogens is 1. The molecule has 0 radical (unpaired) electrons. The SMILES string of the molecule is Cc1cc([C@@]2(C(N)=O)CCC[N+]2(C(N)=O)c2ccc(Cl)cc2)ccc1N1CCOCC1=O. The van der Waals surface area contributed by atoms with E-state index in [0.717, 1.165) is 11.3 Å². The highest BCUT2D eigenvalue weighted by molar-refractivity contribution is 6.30. The van der Waals surface area contributed by atoms with E-state index in [-0.39, 0.29) is 12.5 Å². The lowest BCUT2D eigenvalue weighted by molar-refractivity contribution is -0.127. The minimum atomic E-state index is -1.38. The number of urea groups is 1. The summed E-state index contributed by atoms with van der Waals surface area (Å²) in [5, 5.41) is 0.510. The number of likely N-dealkylation sites (tertiary alicyclic amines) is 1. The molecule has 4 N–H and O–H groups in total. The Morgan fingerprint density at radius 1 is 1.16 bits per heavy atom. The van der Waals surface area contributed by atoms with Gasteiger partial charge in [0, 0.05) is 47.8 Å². The van der Waals surface area contributed by atoms with Gasteiger partial charge in [0.25, 0.3) is 11.8 Å². The number of primary amides is 2. The normalized spacial score (nSPS) is 25.7. The smallest absolute Gasteiger partial charge is 0.370 e. The number of rotatable bonds is 4. The first-order valence-electron chi connectivity index (χ1n) is 10.5. The summed E-state index contributed by atoms with van der Waals surface area (Å²) in [6.07, 6.45) is 0.945. The molecule has 4 amide bonds. The van der Waals surface area contributed by atoms with Crippen LogP contribution >= 0.6 is 11.6 Å². The van der Waals surface area contributed by atoms with Gasteiger partial charge in [-0.25, -0.2) is 4.79 Å². The number of amides is 4. The fourth-order valence-electron chi connectivity index (χ4n) is 5.23. The number of nitrogens with zero attached hydrogens (tertiary/aromatic N) is 2. The molecule has 4 rings (SSSR count). The number of nitrogens with two attached hydrogens (primary N) is 2. The van der Waals surface area contributed by atoms with Crippen molar-refractivity contribution in [1.82, 2.24) is 4.48 Å². The van der Waals surface area contributed by atoms with Gasteiger partial charge in [0.05, 0.1) is 13.2 Å². The number of carbonyl (C=O) groups excluding carboxylic acids is 3. The Morgan fingerprint density at radius 2 is 1.88 bits per heavy atom. The summed E-state index contributed by atoms with van der Waals surface area (Å²) in [4.78, 5) is 40.1. The maximum atomic E-state index is 13.1. The summed E-state index contributed by atoms with van der Waals surface area (Å²) in [5.74, 6) is -0.751. The predicted octanol–water partition coefficient (Wildman–Crippen LogP) is 2.57. The van der Waals surface area contributed by atoms with Gasteiger partial charge in [-0.05, 0) is 36.8 Å². The first-order chi connectivity index (χ1) is 15.2. The number of hydrogen-bond acceptors (Lipinski definition) is 4. The van der Waals surface area contributed by atoms with Gasteiger partial charge < -0.3 is 21.1 Å². The van der Waals surface area contributed by atoms with E-state index in [1.807, 2.05) is 13.0 Å². The summed E-state index contributed by atoms with van der Waals surface area (Å²) < 4.78 is 4.81. The van der Waals surface area contributed by atoms with Crippen LogP contribution in [0.2, 0.25) is 5.02 Å². The Hall–Kier alpha value is -2.94. The molecule has 32 heavy (non-hydrogen) atoms. The van der Waals surface area contributed by atoms with E-state index in [9.17, 15) is 14.4 Å². The van der Waals surface area contributed by atoms with Gasteiger partial charge in [-0.1, -0.05) is 17.7 Å². The third kappa shape index (κ3) is 3.18. The van der Waals surface area contributed by atoms with E-state index < -0.39 is 22.0 Å². The van der Waals surface area contributed by atoms with Crippen LogP contribution in [0.3, 0.4) is 0 Å². The molecule has 1 unspecified atom stereocenters. The zero-order valence-corrected chi connectivity index (χ0v) is 18.6. The molecule has 0 aliphatic carbocycles. The Balaban J connectivity index is 1.89. The van der Waals surface area contributed by atoms with Crippen molar-refractivity contribution in [3.05, 3.63) is 58.6 Å². The van der Waals surface area contributed by atoms with Crippen LogP contribution in [0.5, 0.6) is 0 Å². The number of hydrogen-bond donors (Lipinski definition) is 2. The van der Waals surface area contributed by atoms with Crippen LogP contribution in [0.1, 0.15) is 24.0 Å². The van der Waals surface area contributed by atoms with Crippen molar-refractivity contribution < 1.29 is 19.1 Å². The maximum absolute atomic E-state index is 13.1. The van der Waals surface area contributed by atoms with Crippen LogP contribution in [0.4, 0.5) is 16.2 Å². The fraction of sp³-hybridized carbons (Fsp3) is 0.348. The van der Waals surface area contributed by atoms with Crippen LogP contribution in [-0.4, -0.2) is 44.1 Å². The van der Waals surface area contributed by atoms with Crippen molar-refractivity contribution in [3.63, 3.8) is 0 Å². The van der Waals surface area contributed by atoms with Crippen LogP contribution < -0.4 is 20.9 Å². The lowest BCUT2D eigenvalue weighted by Crippen LogP contribution is -2.70. The highest BCUT2D eigenvalue weighted by atomic mass is 35.5. The molecule has 2 saturated heterocycles. The number of anilines is 1. The third-order valence-corrected chi connectivity index (χ3v) is 6.94. The Labute approximate surface area is 191 Å². The molecule has 0 saturated carbocycles. The number of carbonyl (C=O) groups is 3. The van der Waals surface area contributed by atoms with Crippen molar-refractivity contribution in [2.75, 3.05) is 31.2 Å². The minimum absolute atomic E-state index is 0.0324. The summed E-state index contributed by atoms with van der Waals surface area (Å²) in [7, 11) is 0. The van der Waals surface area contributed by atoms with Gasteiger partial charge >= 0.3 is 6.03 Å². The van der Waals surface area contributed by atoms with Gasteiger partial charge in [0.1, 0.15) is 12.3 Å². The summed E-state index contributed by atoms with van der Waals surface area (Å²) >= 11 is 6.06. The van der Waals surface area contributed by atoms with Gasteiger partial charge in [0.15, 0.2) is 0 Å². The third-order valence-electron chi connectivity index (χ3n) is 6.69. The summed E-state index contributed by atoms with van der Waals surface area (Å²) in [6, 6.07) is 11.5. The Bertz CT molecular complexity index is 1090. The standard InChI is InChI=1S/C23H25ClN4O4/c1-15-13-16(3-8-19(15)27-10-12-32-14-20(27)29)23(21(25)30)9-2-11-28(23,22(26)31)18-6-4-17(24)5-7-18/h3-8,13H,2,9-12,14H2,1H3,(H3-,25,26,30,31)/p+1/t23-,28?/m1/s1. The molecule has 2 fully saturated rings. The van der Waals surface area contributed by atoms with Gasteiger partial charge in [-0.15, -0.1) is 0 Å². The quantitative estimate of drug-likeness (QED) is 0.686. The maximum Gasteiger partial charge on any atom is 0.420 e. The molecule has 2 aromatic carbocycles. The van der Waals surface area contributed by atoms with Crippen LogP contribution in [0.25, 0.3) is 0 Å².